The molecule has 0 saturated heterocycles. The Labute approximate surface area is 138 Å². The minimum Gasteiger partial charge on any atom is -0.493 e. The topological polar surface area (TPSA) is 33.7 Å². The number of hydrogen-bond donors (Lipinski definition) is 1. The number of benzene rings is 2. The summed E-state index contributed by atoms with van der Waals surface area (Å²) in [7, 11) is 3.36. The largest absolute Gasteiger partial charge is 0.493 e. The smallest absolute Gasteiger partial charge is 0.161 e. The third kappa shape index (κ3) is 3.27. The van der Waals surface area contributed by atoms with Crippen LogP contribution >= 0.6 is 0 Å². The van der Waals surface area contributed by atoms with Gasteiger partial charge < -0.3 is 19.7 Å². The summed E-state index contributed by atoms with van der Waals surface area (Å²) in [5.74, 6) is 1.57. The van der Waals surface area contributed by atoms with Crippen molar-refractivity contribution in [3.63, 3.8) is 0 Å². The molecular formula is C19H24N2O2. The van der Waals surface area contributed by atoms with Gasteiger partial charge in [-0.25, -0.2) is 0 Å². The summed E-state index contributed by atoms with van der Waals surface area (Å²) in [6.45, 7) is 5.90. The van der Waals surface area contributed by atoms with Crippen LogP contribution in [-0.4, -0.2) is 27.3 Å². The Morgan fingerprint density at radius 3 is 2.61 bits per heavy atom. The molecule has 0 spiro atoms. The first-order valence-electron chi connectivity index (χ1n) is 7.98. The quantitative estimate of drug-likeness (QED) is 0.940. The summed E-state index contributed by atoms with van der Waals surface area (Å²) in [6.07, 6.45) is 0. The van der Waals surface area contributed by atoms with Crippen LogP contribution < -0.4 is 19.7 Å². The number of para-hydroxylation sites is 1. The van der Waals surface area contributed by atoms with E-state index in [4.69, 9.17) is 9.47 Å². The second kappa shape index (κ2) is 6.92. The van der Waals surface area contributed by atoms with Crippen molar-refractivity contribution in [3.8, 4) is 11.5 Å². The molecule has 0 aliphatic carbocycles. The minimum absolute atomic E-state index is 0.784. The molecule has 0 atom stereocenters. The van der Waals surface area contributed by atoms with Crippen molar-refractivity contribution in [2.75, 3.05) is 32.2 Å². The number of nitrogens with one attached hydrogen (secondary N) is 1. The Morgan fingerprint density at radius 2 is 1.83 bits per heavy atom. The highest BCUT2D eigenvalue weighted by atomic mass is 16.5. The first kappa shape index (κ1) is 15.7. The lowest BCUT2D eigenvalue weighted by atomic mass is 10.1. The molecule has 1 N–H and O–H groups in total. The molecule has 4 heteroatoms. The lowest BCUT2D eigenvalue weighted by molar-refractivity contribution is 0.354. The number of ether oxygens (including phenoxy) is 2. The van der Waals surface area contributed by atoms with Crippen LogP contribution in [0.15, 0.2) is 36.4 Å². The van der Waals surface area contributed by atoms with Gasteiger partial charge in [-0.2, -0.15) is 0 Å². The molecule has 0 amide bonds. The van der Waals surface area contributed by atoms with E-state index in [9.17, 15) is 0 Å². The zero-order valence-electron chi connectivity index (χ0n) is 14.1. The minimum atomic E-state index is 0.784. The van der Waals surface area contributed by atoms with Crippen LogP contribution in [0.4, 0.5) is 5.69 Å². The molecule has 3 rings (SSSR count). The normalized spacial score (nSPS) is 14.1. The van der Waals surface area contributed by atoms with E-state index in [1.54, 1.807) is 14.2 Å². The van der Waals surface area contributed by atoms with Gasteiger partial charge in [-0.15, -0.1) is 0 Å². The lowest BCUT2D eigenvalue weighted by Gasteiger charge is -2.26. The maximum absolute atomic E-state index is 5.46. The Hall–Kier alpha value is -2.20. The summed E-state index contributed by atoms with van der Waals surface area (Å²) < 4.78 is 10.8. The molecule has 0 saturated carbocycles. The van der Waals surface area contributed by atoms with Gasteiger partial charge in [0.25, 0.3) is 0 Å². The van der Waals surface area contributed by atoms with Crippen molar-refractivity contribution in [2.45, 2.75) is 20.0 Å². The summed E-state index contributed by atoms with van der Waals surface area (Å²) >= 11 is 0. The van der Waals surface area contributed by atoms with Gasteiger partial charge in [0, 0.05) is 31.9 Å². The fourth-order valence-corrected chi connectivity index (χ4v) is 3.09. The molecule has 0 unspecified atom stereocenters. The van der Waals surface area contributed by atoms with Crippen LogP contribution in [0.5, 0.6) is 11.5 Å². The molecule has 0 radical (unpaired) electrons. The third-order valence-corrected chi connectivity index (χ3v) is 4.41. The average Bonchev–Trinajstić information content (AvgIpc) is 2.79. The molecule has 23 heavy (non-hydrogen) atoms. The number of fused-ring (bicyclic) bond motifs is 1. The van der Waals surface area contributed by atoms with E-state index in [-0.39, 0.29) is 0 Å². The SMILES string of the molecule is COc1cc(C)c(CN2CCNCc3ccccc32)cc1OC. The monoisotopic (exact) mass is 312 g/mol. The molecule has 122 valence electrons. The highest BCUT2D eigenvalue weighted by Crippen LogP contribution is 2.32. The van der Waals surface area contributed by atoms with Crippen molar-refractivity contribution >= 4 is 5.69 Å². The van der Waals surface area contributed by atoms with E-state index in [1.807, 2.05) is 0 Å². The number of aryl methyl sites for hydroxylation is 1. The molecule has 1 aliphatic rings. The van der Waals surface area contributed by atoms with E-state index < -0.39 is 0 Å². The van der Waals surface area contributed by atoms with E-state index in [0.717, 1.165) is 37.7 Å². The molecule has 0 bridgehead atoms. The number of rotatable bonds is 4. The summed E-state index contributed by atoms with van der Waals surface area (Å²) in [5, 5.41) is 3.49. The number of methoxy groups -OCH3 is 2. The van der Waals surface area contributed by atoms with Crippen LogP contribution in [0, 0.1) is 6.92 Å². The Bertz CT molecular complexity index is 685. The first-order chi connectivity index (χ1) is 11.2. The number of hydrogen-bond acceptors (Lipinski definition) is 4. The standard InChI is InChI=1S/C19H24N2O2/c1-14-10-18(22-2)19(23-3)11-16(14)13-21-9-8-20-12-15-6-4-5-7-17(15)21/h4-7,10-11,20H,8-9,12-13H2,1-3H3. The summed E-state index contributed by atoms with van der Waals surface area (Å²) in [4.78, 5) is 2.43. The second-order valence-electron chi connectivity index (χ2n) is 5.86. The molecule has 1 aliphatic heterocycles. The zero-order valence-corrected chi connectivity index (χ0v) is 14.1. The Morgan fingerprint density at radius 1 is 1.09 bits per heavy atom. The van der Waals surface area contributed by atoms with Gasteiger partial charge in [-0.3, -0.25) is 0 Å². The average molecular weight is 312 g/mol. The predicted molar refractivity (Wildman–Crippen MR) is 93.5 cm³/mol. The van der Waals surface area contributed by atoms with Crippen molar-refractivity contribution in [3.05, 3.63) is 53.1 Å². The Balaban J connectivity index is 1.93. The second-order valence-corrected chi connectivity index (χ2v) is 5.86. The van der Waals surface area contributed by atoms with Gasteiger partial charge >= 0.3 is 0 Å². The van der Waals surface area contributed by atoms with Gasteiger partial charge in [-0.1, -0.05) is 18.2 Å². The van der Waals surface area contributed by atoms with Crippen LogP contribution in [0.3, 0.4) is 0 Å². The summed E-state index contributed by atoms with van der Waals surface area (Å²) in [5.41, 5.74) is 5.14. The van der Waals surface area contributed by atoms with Crippen LogP contribution in [-0.2, 0) is 13.1 Å². The van der Waals surface area contributed by atoms with Gasteiger partial charge in [0.2, 0.25) is 0 Å². The third-order valence-electron chi connectivity index (χ3n) is 4.41. The van der Waals surface area contributed by atoms with Crippen LogP contribution in [0.25, 0.3) is 0 Å². The van der Waals surface area contributed by atoms with E-state index in [0.29, 0.717) is 0 Å². The molecule has 2 aromatic rings. The molecule has 0 aromatic heterocycles. The van der Waals surface area contributed by atoms with E-state index in [1.165, 1.54) is 22.4 Å². The van der Waals surface area contributed by atoms with E-state index in [2.05, 4.69) is 53.5 Å². The zero-order chi connectivity index (χ0) is 16.2. The van der Waals surface area contributed by atoms with Crippen molar-refractivity contribution in [2.24, 2.45) is 0 Å². The maximum Gasteiger partial charge on any atom is 0.161 e. The number of nitrogens with zero attached hydrogens (tertiary/aromatic N) is 1. The first-order valence-corrected chi connectivity index (χ1v) is 7.98. The van der Waals surface area contributed by atoms with Gasteiger partial charge in [0.1, 0.15) is 0 Å². The molecular weight excluding hydrogens is 288 g/mol. The fraction of sp³-hybridized carbons (Fsp3) is 0.368. The van der Waals surface area contributed by atoms with Gasteiger partial charge in [-0.05, 0) is 41.8 Å². The highest BCUT2D eigenvalue weighted by Gasteiger charge is 2.17. The predicted octanol–water partition coefficient (Wildman–Crippen LogP) is 3.12. The Kier molecular flexibility index (Phi) is 4.72. The van der Waals surface area contributed by atoms with Crippen LogP contribution in [0.1, 0.15) is 16.7 Å². The molecule has 4 nitrogen and oxygen atoms in total. The highest BCUT2D eigenvalue weighted by molar-refractivity contribution is 5.56. The maximum atomic E-state index is 5.46. The van der Waals surface area contributed by atoms with Crippen molar-refractivity contribution in [1.82, 2.24) is 5.32 Å². The van der Waals surface area contributed by atoms with Crippen molar-refractivity contribution in [1.29, 1.82) is 0 Å². The van der Waals surface area contributed by atoms with Crippen LogP contribution in [0.2, 0.25) is 0 Å². The van der Waals surface area contributed by atoms with E-state index >= 15 is 0 Å². The lowest BCUT2D eigenvalue weighted by Crippen LogP contribution is -2.28. The fourth-order valence-electron chi connectivity index (χ4n) is 3.09. The molecule has 1 heterocycles. The summed E-state index contributed by atoms with van der Waals surface area (Å²) in [6, 6.07) is 12.8. The van der Waals surface area contributed by atoms with Gasteiger partial charge in [0.15, 0.2) is 11.5 Å². The van der Waals surface area contributed by atoms with Crippen molar-refractivity contribution < 1.29 is 9.47 Å². The number of anilines is 1. The van der Waals surface area contributed by atoms with Gasteiger partial charge in [0.05, 0.1) is 14.2 Å². The molecule has 0 fully saturated rings. The molecule has 2 aromatic carbocycles.